The van der Waals surface area contributed by atoms with E-state index in [-0.39, 0.29) is 18.4 Å². The van der Waals surface area contributed by atoms with E-state index in [1.165, 1.54) is 5.56 Å². The number of nitrogens with one attached hydrogen (secondary N) is 1. The lowest BCUT2D eigenvalue weighted by Crippen LogP contribution is -2.38. The van der Waals surface area contributed by atoms with Crippen molar-refractivity contribution in [2.24, 2.45) is 13.0 Å². The van der Waals surface area contributed by atoms with Crippen molar-refractivity contribution in [3.05, 3.63) is 47.4 Å². The molecule has 0 saturated heterocycles. The van der Waals surface area contributed by atoms with Gasteiger partial charge < -0.3 is 10.2 Å². The van der Waals surface area contributed by atoms with Gasteiger partial charge in [-0.05, 0) is 75.1 Å². The lowest BCUT2D eigenvalue weighted by molar-refractivity contribution is -0.136. The van der Waals surface area contributed by atoms with E-state index in [0.29, 0.717) is 18.0 Å². The summed E-state index contributed by atoms with van der Waals surface area (Å²) in [5, 5.41) is 13.1. The van der Waals surface area contributed by atoms with Crippen molar-refractivity contribution in [3.8, 4) is 0 Å². The molecule has 1 amide bonds. The van der Waals surface area contributed by atoms with Gasteiger partial charge in [0.05, 0.1) is 16.8 Å². The second-order valence-corrected chi connectivity index (χ2v) is 10.9. The summed E-state index contributed by atoms with van der Waals surface area (Å²) in [7, 11) is 1.87. The Bertz CT molecular complexity index is 1220. The second kappa shape index (κ2) is 11.5. The minimum absolute atomic E-state index is 0.0155. The Morgan fingerprint density at radius 1 is 1.05 bits per heavy atom. The molecule has 0 spiro atoms. The zero-order valence-corrected chi connectivity index (χ0v) is 22.0. The molecule has 1 saturated carbocycles. The fourth-order valence-corrected chi connectivity index (χ4v) is 5.94. The van der Waals surface area contributed by atoms with E-state index < -0.39 is 12.6 Å². The number of aromatic nitrogens is 4. The Morgan fingerprint density at radius 3 is 2.63 bits per heavy atom. The maximum atomic E-state index is 13.0. The number of benzene rings is 1. The van der Waals surface area contributed by atoms with E-state index in [9.17, 15) is 18.0 Å². The molecule has 1 aliphatic carbocycles. The van der Waals surface area contributed by atoms with Crippen molar-refractivity contribution < 1.29 is 18.0 Å². The van der Waals surface area contributed by atoms with Crippen molar-refractivity contribution in [1.29, 1.82) is 0 Å². The molecule has 3 aromatic rings. The summed E-state index contributed by atoms with van der Waals surface area (Å²) in [4.78, 5) is 15.5. The van der Waals surface area contributed by atoms with Crippen LogP contribution in [-0.4, -0.2) is 62.2 Å². The molecule has 1 fully saturated rings. The lowest BCUT2D eigenvalue weighted by Gasteiger charge is -2.30. The zero-order chi connectivity index (χ0) is 26.7. The molecule has 0 unspecified atom stereocenters. The van der Waals surface area contributed by atoms with Crippen LogP contribution in [0.25, 0.3) is 10.9 Å². The number of rotatable bonds is 8. The van der Waals surface area contributed by atoms with E-state index in [1.54, 1.807) is 9.36 Å². The summed E-state index contributed by atoms with van der Waals surface area (Å²) in [6, 6.07) is 5.89. The van der Waals surface area contributed by atoms with Gasteiger partial charge in [0.1, 0.15) is 0 Å². The Balaban J connectivity index is 1.03. The Kier molecular flexibility index (Phi) is 8.07. The standard InChI is InChI=1S/C28H37F3N6O/c1-35-19-24-23(4-2-5-26(24)33-35)27(38)32-22-8-6-20(7-9-22)10-15-36-16-11-21-18-37(34-25(21)12-17-36)14-3-13-28(29,30)31/h2,4-5,18-20,22H,3,6-17H2,1H3,(H,32,38)/t20-,22-. The average Bonchev–Trinajstić information content (AvgIpc) is 3.39. The van der Waals surface area contributed by atoms with Crippen LogP contribution in [-0.2, 0) is 26.4 Å². The first-order valence-corrected chi connectivity index (χ1v) is 13.8. The van der Waals surface area contributed by atoms with Crippen LogP contribution >= 0.6 is 0 Å². The van der Waals surface area contributed by atoms with Gasteiger partial charge in [-0.25, -0.2) is 0 Å². The smallest absolute Gasteiger partial charge is 0.349 e. The van der Waals surface area contributed by atoms with E-state index in [2.05, 4.69) is 20.4 Å². The quantitative estimate of drug-likeness (QED) is 0.450. The lowest BCUT2D eigenvalue weighted by atomic mass is 9.84. The highest BCUT2D eigenvalue weighted by Gasteiger charge is 2.27. The van der Waals surface area contributed by atoms with Gasteiger partial charge in [-0.1, -0.05) is 6.07 Å². The van der Waals surface area contributed by atoms with Gasteiger partial charge in [-0.15, -0.1) is 0 Å². The topological polar surface area (TPSA) is 68.0 Å². The van der Waals surface area contributed by atoms with Crippen LogP contribution in [0.3, 0.4) is 0 Å². The van der Waals surface area contributed by atoms with E-state index in [4.69, 9.17) is 0 Å². The predicted molar refractivity (Wildman–Crippen MR) is 140 cm³/mol. The van der Waals surface area contributed by atoms with Gasteiger partial charge in [0, 0.05) is 63.3 Å². The number of hydrogen-bond acceptors (Lipinski definition) is 4. The molecule has 0 bridgehead atoms. The van der Waals surface area contributed by atoms with Crippen LogP contribution in [0, 0.1) is 5.92 Å². The highest BCUT2D eigenvalue weighted by Crippen LogP contribution is 2.28. The minimum Gasteiger partial charge on any atom is -0.349 e. The molecular formula is C28H37F3N6O. The van der Waals surface area contributed by atoms with Gasteiger partial charge in [-0.3, -0.25) is 14.2 Å². The number of aryl methyl sites for hydroxylation is 2. The number of carbonyl (C=O) groups excluding carboxylic acids is 1. The molecule has 5 rings (SSSR count). The Morgan fingerprint density at radius 2 is 1.84 bits per heavy atom. The second-order valence-electron chi connectivity index (χ2n) is 10.9. The number of nitrogens with zero attached hydrogens (tertiary/aromatic N) is 5. The number of hydrogen-bond donors (Lipinski definition) is 1. The highest BCUT2D eigenvalue weighted by molar-refractivity contribution is 6.06. The van der Waals surface area contributed by atoms with Gasteiger partial charge in [0.2, 0.25) is 0 Å². The summed E-state index contributed by atoms with van der Waals surface area (Å²) < 4.78 is 40.7. The number of alkyl halides is 3. The van der Waals surface area contributed by atoms with Crippen molar-refractivity contribution in [2.75, 3.05) is 19.6 Å². The molecule has 1 aliphatic heterocycles. The maximum Gasteiger partial charge on any atom is 0.389 e. The highest BCUT2D eigenvalue weighted by atomic mass is 19.4. The summed E-state index contributed by atoms with van der Waals surface area (Å²) in [5.41, 5.74) is 3.74. The first-order valence-electron chi connectivity index (χ1n) is 13.8. The molecule has 1 N–H and O–H groups in total. The zero-order valence-electron chi connectivity index (χ0n) is 22.0. The van der Waals surface area contributed by atoms with Crippen molar-refractivity contribution in [3.63, 3.8) is 0 Å². The predicted octanol–water partition coefficient (Wildman–Crippen LogP) is 4.89. The molecule has 206 valence electrons. The van der Waals surface area contributed by atoms with E-state index in [1.807, 2.05) is 37.6 Å². The fourth-order valence-electron chi connectivity index (χ4n) is 5.94. The minimum atomic E-state index is -4.10. The third kappa shape index (κ3) is 6.76. The molecule has 38 heavy (non-hydrogen) atoms. The molecule has 3 heterocycles. The monoisotopic (exact) mass is 530 g/mol. The Hall–Kier alpha value is -2.88. The molecule has 10 heteroatoms. The first-order chi connectivity index (χ1) is 18.2. The molecule has 0 atom stereocenters. The van der Waals surface area contributed by atoms with E-state index in [0.717, 1.165) is 81.2 Å². The van der Waals surface area contributed by atoms with Crippen molar-refractivity contribution in [1.82, 2.24) is 29.8 Å². The largest absolute Gasteiger partial charge is 0.389 e. The molecular weight excluding hydrogens is 493 g/mol. The normalized spacial score (nSPS) is 20.8. The maximum absolute atomic E-state index is 13.0. The third-order valence-corrected chi connectivity index (χ3v) is 8.08. The molecule has 2 aliphatic rings. The SMILES string of the molecule is Cn1cc2c(C(=O)N[C@H]3CC[C@H](CCN4CCc5cn(CCCC(F)(F)F)nc5CC4)CC3)cccc2n1. The molecule has 2 aromatic heterocycles. The van der Waals surface area contributed by atoms with Crippen molar-refractivity contribution >= 4 is 16.8 Å². The number of halogens is 3. The van der Waals surface area contributed by atoms with Crippen LogP contribution in [0.1, 0.15) is 66.6 Å². The van der Waals surface area contributed by atoms with Crippen LogP contribution in [0.15, 0.2) is 30.6 Å². The van der Waals surface area contributed by atoms with Crippen LogP contribution in [0.2, 0.25) is 0 Å². The van der Waals surface area contributed by atoms with Gasteiger partial charge in [0.25, 0.3) is 5.91 Å². The summed E-state index contributed by atoms with van der Waals surface area (Å²) in [5.74, 6) is 0.659. The molecule has 7 nitrogen and oxygen atoms in total. The summed E-state index contributed by atoms with van der Waals surface area (Å²) in [6.45, 7) is 3.28. The summed E-state index contributed by atoms with van der Waals surface area (Å²) in [6.07, 6.45) is 6.22. The Labute approximate surface area is 221 Å². The van der Waals surface area contributed by atoms with Crippen LogP contribution < -0.4 is 5.32 Å². The fraction of sp³-hybridized carbons (Fsp3) is 0.607. The van der Waals surface area contributed by atoms with E-state index >= 15 is 0 Å². The van der Waals surface area contributed by atoms with Crippen LogP contribution in [0.5, 0.6) is 0 Å². The van der Waals surface area contributed by atoms with Gasteiger partial charge in [0.15, 0.2) is 0 Å². The third-order valence-electron chi connectivity index (χ3n) is 8.08. The number of amides is 1. The number of carbonyl (C=O) groups is 1. The van der Waals surface area contributed by atoms with Gasteiger partial charge >= 0.3 is 6.18 Å². The first kappa shape index (κ1) is 26.7. The number of fused-ring (bicyclic) bond motifs is 2. The van der Waals surface area contributed by atoms with Crippen molar-refractivity contribution in [2.45, 2.75) is 76.6 Å². The van der Waals surface area contributed by atoms with Crippen LogP contribution in [0.4, 0.5) is 13.2 Å². The summed E-state index contributed by atoms with van der Waals surface area (Å²) >= 11 is 0. The van der Waals surface area contributed by atoms with Gasteiger partial charge in [-0.2, -0.15) is 23.4 Å². The molecule has 1 aromatic carbocycles. The molecule has 0 radical (unpaired) electrons. The average molecular weight is 531 g/mol.